The average molecular weight is 292 g/mol. The Bertz CT molecular complexity index is 521. The zero-order valence-electron chi connectivity index (χ0n) is 12.8. The predicted molar refractivity (Wildman–Crippen MR) is 78.6 cm³/mol. The maximum atomic E-state index is 12.7. The van der Waals surface area contributed by atoms with E-state index in [1.165, 1.54) is 0 Å². The molecular weight excluding hydrogens is 268 g/mol. The van der Waals surface area contributed by atoms with Crippen molar-refractivity contribution in [1.82, 2.24) is 19.4 Å². The number of aromatic nitrogens is 2. The van der Waals surface area contributed by atoms with Gasteiger partial charge in [-0.25, -0.2) is 4.98 Å². The Kier molecular flexibility index (Phi) is 3.75. The lowest BCUT2D eigenvalue weighted by Crippen LogP contribution is -2.55. The lowest BCUT2D eigenvalue weighted by molar-refractivity contribution is -0.153. The van der Waals surface area contributed by atoms with E-state index in [0.29, 0.717) is 25.9 Å². The minimum absolute atomic E-state index is 0.0905. The molecule has 1 aliphatic heterocycles. The van der Waals surface area contributed by atoms with E-state index in [9.17, 15) is 9.90 Å². The molecule has 0 radical (unpaired) electrons. The van der Waals surface area contributed by atoms with Crippen molar-refractivity contribution in [3.05, 3.63) is 18.2 Å². The highest BCUT2D eigenvalue weighted by atomic mass is 16.3. The van der Waals surface area contributed by atoms with Crippen LogP contribution < -0.4 is 0 Å². The fourth-order valence-electron chi connectivity index (χ4n) is 3.50. The highest BCUT2D eigenvalue weighted by Gasteiger charge is 2.43. The number of aliphatic hydroxyl groups is 1. The molecule has 116 valence electrons. The Morgan fingerprint density at radius 1 is 1.33 bits per heavy atom. The average Bonchev–Trinajstić information content (AvgIpc) is 3.08. The number of amides is 1. The Morgan fingerprint density at radius 2 is 2.05 bits per heavy atom. The number of hydrogen-bond acceptors (Lipinski definition) is 4. The van der Waals surface area contributed by atoms with Gasteiger partial charge in [0.15, 0.2) is 0 Å². The molecule has 6 nitrogen and oxygen atoms in total. The van der Waals surface area contributed by atoms with Gasteiger partial charge in [-0.1, -0.05) is 0 Å². The maximum Gasteiger partial charge on any atom is 0.254 e. The standard InChI is InChI=1S/C15H24N4O2/c1-17-9-10-19(14(20)15(21)5-3-4-6-15)11-12(17)13-16-7-8-18(13)2/h7-8,12,21H,3-6,9-11H2,1-2H3/t12-/m1/s1. The molecule has 1 N–H and O–H groups in total. The molecule has 6 heteroatoms. The number of likely N-dealkylation sites (N-methyl/N-ethyl adjacent to an activating group) is 1. The first kappa shape index (κ1) is 14.5. The van der Waals surface area contributed by atoms with Crippen LogP contribution in [0.5, 0.6) is 0 Å². The zero-order valence-corrected chi connectivity index (χ0v) is 12.8. The van der Waals surface area contributed by atoms with E-state index >= 15 is 0 Å². The van der Waals surface area contributed by atoms with Gasteiger partial charge in [0.05, 0.1) is 6.04 Å². The minimum Gasteiger partial charge on any atom is -0.380 e. The topological polar surface area (TPSA) is 61.6 Å². The van der Waals surface area contributed by atoms with E-state index < -0.39 is 5.60 Å². The Labute approximate surface area is 125 Å². The molecule has 1 aromatic heterocycles. The van der Waals surface area contributed by atoms with Crippen molar-refractivity contribution in [1.29, 1.82) is 0 Å². The first-order chi connectivity index (χ1) is 10.0. The van der Waals surface area contributed by atoms with Gasteiger partial charge in [-0.15, -0.1) is 0 Å². The summed E-state index contributed by atoms with van der Waals surface area (Å²) in [4.78, 5) is 21.1. The monoisotopic (exact) mass is 292 g/mol. The van der Waals surface area contributed by atoms with E-state index in [1.807, 2.05) is 22.7 Å². The SMILES string of the molecule is CN1CCN(C(=O)C2(O)CCCC2)C[C@@H]1c1nccn1C. The first-order valence-corrected chi connectivity index (χ1v) is 7.70. The highest BCUT2D eigenvalue weighted by Crippen LogP contribution is 2.33. The quantitative estimate of drug-likeness (QED) is 0.864. The molecule has 1 aliphatic carbocycles. The van der Waals surface area contributed by atoms with Crippen LogP contribution in [0.25, 0.3) is 0 Å². The summed E-state index contributed by atoms with van der Waals surface area (Å²) in [5.74, 6) is 0.876. The third-order valence-corrected chi connectivity index (χ3v) is 4.92. The van der Waals surface area contributed by atoms with Gasteiger partial charge < -0.3 is 14.6 Å². The van der Waals surface area contributed by atoms with Gasteiger partial charge in [-0.2, -0.15) is 0 Å². The van der Waals surface area contributed by atoms with Crippen LogP contribution >= 0.6 is 0 Å². The van der Waals surface area contributed by atoms with Gasteiger partial charge in [0.25, 0.3) is 5.91 Å². The van der Waals surface area contributed by atoms with Gasteiger partial charge >= 0.3 is 0 Å². The van der Waals surface area contributed by atoms with Crippen molar-refractivity contribution in [3.63, 3.8) is 0 Å². The third kappa shape index (κ3) is 2.58. The summed E-state index contributed by atoms with van der Waals surface area (Å²) in [6.07, 6.45) is 6.80. The molecule has 1 amide bonds. The van der Waals surface area contributed by atoms with Gasteiger partial charge in [-0.3, -0.25) is 9.69 Å². The van der Waals surface area contributed by atoms with E-state index in [2.05, 4.69) is 16.9 Å². The molecule has 3 rings (SSSR count). The number of nitrogens with zero attached hydrogens (tertiary/aromatic N) is 4. The van der Waals surface area contributed by atoms with Crippen LogP contribution in [0.1, 0.15) is 37.5 Å². The number of imidazole rings is 1. The normalized spacial score (nSPS) is 26.2. The summed E-state index contributed by atoms with van der Waals surface area (Å²) in [5, 5.41) is 10.5. The van der Waals surface area contributed by atoms with Crippen LogP contribution in [-0.4, -0.2) is 62.6 Å². The molecule has 0 unspecified atom stereocenters. The van der Waals surface area contributed by atoms with Crippen molar-refractivity contribution in [2.45, 2.75) is 37.3 Å². The van der Waals surface area contributed by atoms with Crippen molar-refractivity contribution in [3.8, 4) is 0 Å². The number of aryl methyl sites for hydroxylation is 1. The van der Waals surface area contributed by atoms with E-state index in [1.54, 1.807) is 6.20 Å². The number of rotatable bonds is 2. The second-order valence-corrected chi connectivity index (χ2v) is 6.38. The second-order valence-electron chi connectivity index (χ2n) is 6.38. The molecular formula is C15H24N4O2. The Morgan fingerprint density at radius 3 is 2.67 bits per heavy atom. The van der Waals surface area contributed by atoms with Crippen LogP contribution in [0.2, 0.25) is 0 Å². The van der Waals surface area contributed by atoms with Crippen LogP contribution in [-0.2, 0) is 11.8 Å². The number of piperazine rings is 1. The van der Waals surface area contributed by atoms with Crippen LogP contribution in [0.15, 0.2) is 12.4 Å². The molecule has 2 aliphatic rings. The highest BCUT2D eigenvalue weighted by molar-refractivity contribution is 5.85. The number of carbonyl (C=O) groups is 1. The zero-order chi connectivity index (χ0) is 15.0. The van der Waals surface area contributed by atoms with Gasteiger partial charge in [0.1, 0.15) is 11.4 Å². The summed E-state index contributed by atoms with van der Waals surface area (Å²) in [6.45, 7) is 2.08. The number of carbonyl (C=O) groups excluding carboxylic acids is 1. The second kappa shape index (κ2) is 5.42. The largest absolute Gasteiger partial charge is 0.380 e. The van der Waals surface area contributed by atoms with E-state index in [0.717, 1.165) is 25.2 Å². The smallest absolute Gasteiger partial charge is 0.254 e. The Balaban J connectivity index is 1.77. The molecule has 1 saturated heterocycles. The number of hydrogen-bond donors (Lipinski definition) is 1. The molecule has 1 aromatic rings. The lowest BCUT2D eigenvalue weighted by atomic mass is 9.99. The molecule has 1 atom stereocenters. The predicted octanol–water partition coefficient (Wildman–Crippen LogP) is 0.540. The molecule has 0 spiro atoms. The third-order valence-electron chi connectivity index (χ3n) is 4.92. The summed E-state index contributed by atoms with van der Waals surface area (Å²) >= 11 is 0. The molecule has 1 saturated carbocycles. The van der Waals surface area contributed by atoms with Gasteiger partial charge in [-0.05, 0) is 32.7 Å². The van der Waals surface area contributed by atoms with Crippen molar-refractivity contribution in [2.24, 2.45) is 7.05 Å². The Hall–Kier alpha value is -1.40. The van der Waals surface area contributed by atoms with Crippen LogP contribution in [0.3, 0.4) is 0 Å². The molecule has 0 bridgehead atoms. The molecule has 0 aromatic carbocycles. The molecule has 21 heavy (non-hydrogen) atoms. The summed E-state index contributed by atoms with van der Waals surface area (Å²) in [7, 11) is 4.03. The van der Waals surface area contributed by atoms with Crippen molar-refractivity contribution < 1.29 is 9.90 Å². The summed E-state index contributed by atoms with van der Waals surface area (Å²) in [6, 6.07) is 0.0905. The first-order valence-electron chi connectivity index (χ1n) is 7.70. The molecule has 2 fully saturated rings. The van der Waals surface area contributed by atoms with E-state index in [4.69, 9.17) is 0 Å². The fourth-order valence-corrected chi connectivity index (χ4v) is 3.50. The van der Waals surface area contributed by atoms with Crippen LogP contribution in [0, 0.1) is 0 Å². The summed E-state index contributed by atoms with van der Waals surface area (Å²) < 4.78 is 2.00. The van der Waals surface area contributed by atoms with Crippen LogP contribution in [0.4, 0.5) is 0 Å². The molecule has 2 heterocycles. The van der Waals surface area contributed by atoms with Gasteiger partial charge in [0.2, 0.25) is 0 Å². The van der Waals surface area contributed by atoms with Gasteiger partial charge in [0, 0.05) is 39.1 Å². The van der Waals surface area contributed by atoms with Crippen molar-refractivity contribution in [2.75, 3.05) is 26.7 Å². The maximum absolute atomic E-state index is 12.7. The lowest BCUT2D eigenvalue weighted by Gasteiger charge is -2.41. The minimum atomic E-state index is -1.12. The van der Waals surface area contributed by atoms with E-state index in [-0.39, 0.29) is 11.9 Å². The van der Waals surface area contributed by atoms with Crippen molar-refractivity contribution >= 4 is 5.91 Å². The fraction of sp³-hybridized carbons (Fsp3) is 0.733. The summed E-state index contributed by atoms with van der Waals surface area (Å²) in [5.41, 5.74) is -1.12.